The van der Waals surface area contributed by atoms with E-state index in [1.807, 2.05) is 11.8 Å². The molecule has 0 saturated heterocycles. The van der Waals surface area contributed by atoms with Crippen molar-refractivity contribution in [3.05, 3.63) is 23.7 Å². The lowest BCUT2D eigenvalue weighted by molar-refractivity contribution is 0.456. The van der Waals surface area contributed by atoms with E-state index in [0.29, 0.717) is 0 Å². The molecule has 0 aromatic carbocycles. The van der Waals surface area contributed by atoms with E-state index in [1.165, 1.54) is 31.4 Å². The summed E-state index contributed by atoms with van der Waals surface area (Å²) in [6.45, 7) is 1.96. The van der Waals surface area contributed by atoms with Crippen LogP contribution in [-0.4, -0.2) is 24.8 Å². The molecule has 0 radical (unpaired) electrons. The number of hydrogen-bond acceptors (Lipinski definition) is 4. The third kappa shape index (κ3) is 7.39. The largest absolute Gasteiger partial charge is 0.464 e. The normalized spacial score (nSPS) is 11.0. The second kappa shape index (κ2) is 10.8. The lowest BCUT2D eigenvalue weighted by Crippen LogP contribution is -2.14. The number of nitrogens with one attached hydrogen (secondary N) is 1. The maximum Gasteiger partial charge on any atom is 0.117 e. The van der Waals surface area contributed by atoms with Gasteiger partial charge in [0, 0.05) is 0 Å². The summed E-state index contributed by atoms with van der Waals surface area (Å²) in [5.41, 5.74) is 0. The molecule has 18 heavy (non-hydrogen) atoms. The molecule has 0 aliphatic rings. The highest BCUT2D eigenvalue weighted by molar-refractivity contribution is 7.98. The first-order valence-electron chi connectivity index (χ1n) is 6.63. The second-order valence-corrected chi connectivity index (χ2v) is 6.24. The Labute approximate surface area is 120 Å². The van der Waals surface area contributed by atoms with E-state index >= 15 is 0 Å². The Morgan fingerprint density at radius 2 is 1.78 bits per heavy atom. The predicted octanol–water partition coefficient (Wildman–Crippen LogP) is 4.16. The Hall–Kier alpha value is -0.0600. The molecule has 1 aromatic rings. The lowest BCUT2D eigenvalue weighted by atomic mass is 10.2. The molecule has 0 saturated carbocycles. The van der Waals surface area contributed by atoms with Crippen molar-refractivity contribution in [2.75, 3.05) is 24.8 Å². The van der Waals surface area contributed by atoms with Crippen molar-refractivity contribution in [3.8, 4) is 0 Å². The summed E-state index contributed by atoms with van der Waals surface area (Å²) < 4.78 is 5.70. The van der Waals surface area contributed by atoms with E-state index in [4.69, 9.17) is 4.42 Å². The van der Waals surface area contributed by atoms with Gasteiger partial charge in [0.25, 0.3) is 0 Å². The maximum atomic E-state index is 5.70. The van der Waals surface area contributed by atoms with Gasteiger partial charge in [-0.15, -0.1) is 0 Å². The van der Waals surface area contributed by atoms with E-state index in [0.717, 1.165) is 30.4 Å². The van der Waals surface area contributed by atoms with Gasteiger partial charge in [-0.25, -0.2) is 0 Å². The molecule has 0 fully saturated rings. The minimum absolute atomic E-state index is 0.860. The van der Waals surface area contributed by atoms with E-state index in [2.05, 4.69) is 30.0 Å². The fourth-order valence-electron chi connectivity index (χ4n) is 1.80. The maximum absolute atomic E-state index is 5.70. The van der Waals surface area contributed by atoms with Crippen LogP contribution in [0.4, 0.5) is 0 Å². The summed E-state index contributed by atoms with van der Waals surface area (Å²) in [5.74, 6) is 4.41. The number of unbranched alkanes of at least 4 members (excludes halogenated alkanes) is 3. The number of rotatable bonds is 11. The topological polar surface area (TPSA) is 25.2 Å². The monoisotopic (exact) mass is 287 g/mol. The van der Waals surface area contributed by atoms with Crippen LogP contribution < -0.4 is 5.32 Å². The standard InChI is InChI=1S/C14H25NOS2/c1-17-10-6-4-3-5-9-15-11-13-7-8-14(16-13)12-18-2/h7-8,15H,3-6,9-12H2,1-2H3. The van der Waals surface area contributed by atoms with E-state index in [9.17, 15) is 0 Å². The molecule has 0 unspecified atom stereocenters. The smallest absolute Gasteiger partial charge is 0.117 e. The van der Waals surface area contributed by atoms with Gasteiger partial charge in [-0.3, -0.25) is 0 Å². The van der Waals surface area contributed by atoms with Crippen molar-refractivity contribution in [3.63, 3.8) is 0 Å². The summed E-state index contributed by atoms with van der Waals surface area (Å²) in [5, 5.41) is 3.44. The van der Waals surface area contributed by atoms with Crippen molar-refractivity contribution < 1.29 is 4.42 Å². The molecule has 0 amide bonds. The molecular weight excluding hydrogens is 262 g/mol. The van der Waals surface area contributed by atoms with Crippen molar-refractivity contribution in [1.29, 1.82) is 0 Å². The summed E-state index contributed by atoms with van der Waals surface area (Å²) in [6.07, 6.45) is 9.60. The summed E-state index contributed by atoms with van der Waals surface area (Å²) in [4.78, 5) is 0. The lowest BCUT2D eigenvalue weighted by Gasteiger charge is -2.03. The second-order valence-electron chi connectivity index (χ2n) is 4.38. The molecule has 104 valence electrons. The van der Waals surface area contributed by atoms with E-state index < -0.39 is 0 Å². The minimum Gasteiger partial charge on any atom is -0.464 e. The van der Waals surface area contributed by atoms with Gasteiger partial charge in [0.05, 0.1) is 12.3 Å². The van der Waals surface area contributed by atoms with Gasteiger partial charge >= 0.3 is 0 Å². The highest BCUT2D eigenvalue weighted by Crippen LogP contribution is 2.13. The zero-order valence-corrected chi connectivity index (χ0v) is 13.2. The molecule has 1 N–H and O–H groups in total. The Morgan fingerprint density at radius 3 is 2.56 bits per heavy atom. The molecule has 4 heteroatoms. The van der Waals surface area contributed by atoms with Crippen molar-refractivity contribution in [2.24, 2.45) is 0 Å². The van der Waals surface area contributed by atoms with Gasteiger partial charge in [-0.1, -0.05) is 12.8 Å². The molecule has 2 nitrogen and oxygen atoms in total. The first-order chi connectivity index (χ1) is 8.86. The van der Waals surface area contributed by atoms with E-state index in [-0.39, 0.29) is 0 Å². The average molecular weight is 287 g/mol. The predicted molar refractivity (Wildman–Crippen MR) is 84.5 cm³/mol. The minimum atomic E-state index is 0.860. The molecule has 0 atom stereocenters. The average Bonchev–Trinajstić information content (AvgIpc) is 2.81. The number of thioether (sulfide) groups is 2. The third-order valence-electron chi connectivity index (χ3n) is 2.76. The fourth-order valence-corrected chi connectivity index (χ4v) is 2.73. The van der Waals surface area contributed by atoms with Crippen molar-refractivity contribution >= 4 is 23.5 Å². The van der Waals surface area contributed by atoms with Crippen LogP contribution in [0.1, 0.15) is 37.2 Å². The molecule has 1 heterocycles. The van der Waals surface area contributed by atoms with Gasteiger partial charge in [-0.05, 0) is 49.8 Å². The van der Waals surface area contributed by atoms with Crippen LogP contribution in [0.2, 0.25) is 0 Å². The van der Waals surface area contributed by atoms with Crippen molar-refractivity contribution in [2.45, 2.75) is 38.0 Å². The van der Waals surface area contributed by atoms with Crippen LogP contribution in [0.3, 0.4) is 0 Å². The first-order valence-corrected chi connectivity index (χ1v) is 9.41. The van der Waals surface area contributed by atoms with Crippen LogP contribution in [0.5, 0.6) is 0 Å². The molecule has 0 bridgehead atoms. The SMILES string of the molecule is CSCCCCCCNCc1ccc(CSC)o1. The van der Waals surface area contributed by atoms with Crippen LogP contribution in [-0.2, 0) is 12.3 Å². The summed E-state index contributed by atoms with van der Waals surface area (Å²) >= 11 is 3.74. The van der Waals surface area contributed by atoms with E-state index in [1.54, 1.807) is 11.8 Å². The Morgan fingerprint density at radius 1 is 1.00 bits per heavy atom. The molecule has 0 aliphatic heterocycles. The van der Waals surface area contributed by atoms with Crippen LogP contribution in [0, 0.1) is 0 Å². The molecular formula is C14H25NOS2. The Balaban J connectivity index is 1.96. The van der Waals surface area contributed by atoms with Crippen molar-refractivity contribution in [1.82, 2.24) is 5.32 Å². The van der Waals surface area contributed by atoms with Crippen LogP contribution in [0.15, 0.2) is 16.5 Å². The van der Waals surface area contributed by atoms with Crippen LogP contribution in [0.25, 0.3) is 0 Å². The summed E-state index contributed by atoms with van der Waals surface area (Å²) in [7, 11) is 0. The highest BCUT2D eigenvalue weighted by Gasteiger charge is 2.00. The first kappa shape index (κ1) is 16.0. The van der Waals surface area contributed by atoms with Gasteiger partial charge < -0.3 is 9.73 Å². The zero-order chi connectivity index (χ0) is 13.1. The Bertz CT molecular complexity index is 302. The van der Waals surface area contributed by atoms with Gasteiger partial charge in [-0.2, -0.15) is 23.5 Å². The van der Waals surface area contributed by atoms with Gasteiger partial charge in [0.1, 0.15) is 11.5 Å². The molecule has 1 aromatic heterocycles. The number of hydrogen-bond donors (Lipinski definition) is 1. The fraction of sp³-hybridized carbons (Fsp3) is 0.714. The van der Waals surface area contributed by atoms with Gasteiger partial charge in [0.15, 0.2) is 0 Å². The molecule has 1 rings (SSSR count). The zero-order valence-electron chi connectivity index (χ0n) is 11.5. The van der Waals surface area contributed by atoms with Gasteiger partial charge in [0.2, 0.25) is 0 Å². The Kier molecular flexibility index (Phi) is 9.62. The molecule has 0 spiro atoms. The quantitative estimate of drug-likeness (QED) is 0.618. The molecule has 0 aliphatic carbocycles. The summed E-state index contributed by atoms with van der Waals surface area (Å²) in [6, 6.07) is 4.16. The highest BCUT2D eigenvalue weighted by atomic mass is 32.2. The third-order valence-corrected chi connectivity index (χ3v) is 4.03. The van der Waals surface area contributed by atoms with Crippen LogP contribution >= 0.6 is 23.5 Å². The number of furan rings is 1.